The average molecular weight is 326 g/mol. The van der Waals surface area contributed by atoms with E-state index >= 15 is 0 Å². The van der Waals surface area contributed by atoms with Crippen molar-refractivity contribution in [1.82, 2.24) is 0 Å². The number of hydrogen-bond donors (Lipinski definition) is 2. The molecular formula is C17H12ClN3O2. The zero-order valence-corrected chi connectivity index (χ0v) is 12.7. The van der Waals surface area contributed by atoms with Gasteiger partial charge in [-0.1, -0.05) is 29.8 Å². The summed E-state index contributed by atoms with van der Waals surface area (Å²) in [5.74, 6) is -1.06. The lowest BCUT2D eigenvalue weighted by molar-refractivity contribution is -0.123. The molecule has 2 N–H and O–H groups in total. The fourth-order valence-electron chi connectivity index (χ4n) is 2.56. The van der Waals surface area contributed by atoms with E-state index < -0.39 is 5.92 Å². The molecule has 5 nitrogen and oxygen atoms in total. The molecule has 1 atom stereocenters. The Bertz CT molecular complexity index is 842. The van der Waals surface area contributed by atoms with E-state index in [1.165, 1.54) is 6.07 Å². The van der Waals surface area contributed by atoms with Gasteiger partial charge in [-0.2, -0.15) is 5.26 Å². The second-order valence-corrected chi connectivity index (χ2v) is 5.60. The summed E-state index contributed by atoms with van der Waals surface area (Å²) in [5.41, 5.74) is 2.18. The van der Waals surface area contributed by atoms with Gasteiger partial charge in [0.2, 0.25) is 11.8 Å². The number of halogens is 1. The van der Waals surface area contributed by atoms with Crippen LogP contribution in [-0.2, 0) is 9.59 Å². The molecule has 0 unspecified atom stereocenters. The number of hydrogen-bond acceptors (Lipinski definition) is 3. The monoisotopic (exact) mass is 325 g/mol. The molecule has 3 rings (SSSR count). The van der Waals surface area contributed by atoms with Crippen molar-refractivity contribution in [3.05, 3.63) is 58.6 Å². The van der Waals surface area contributed by atoms with Gasteiger partial charge in [0.25, 0.3) is 0 Å². The number of rotatable bonds is 2. The van der Waals surface area contributed by atoms with Crippen LogP contribution in [0, 0.1) is 11.3 Å². The van der Waals surface area contributed by atoms with E-state index in [1.807, 2.05) is 18.2 Å². The van der Waals surface area contributed by atoms with Crippen LogP contribution in [0.1, 0.15) is 23.5 Å². The first-order chi connectivity index (χ1) is 11.1. The van der Waals surface area contributed by atoms with E-state index in [9.17, 15) is 9.59 Å². The van der Waals surface area contributed by atoms with Crippen molar-refractivity contribution in [3.8, 4) is 6.07 Å². The number of carbonyl (C=O) groups excluding carboxylic acids is 2. The summed E-state index contributed by atoms with van der Waals surface area (Å²) in [6, 6.07) is 13.9. The van der Waals surface area contributed by atoms with Gasteiger partial charge in [0, 0.05) is 17.8 Å². The van der Waals surface area contributed by atoms with Gasteiger partial charge in [-0.3, -0.25) is 9.59 Å². The van der Waals surface area contributed by atoms with Crippen LogP contribution in [0.25, 0.3) is 0 Å². The minimum Gasteiger partial charge on any atom is -0.326 e. The minimum absolute atomic E-state index is 0.0849. The number of benzene rings is 2. The Kier molecular flexibility index (Phi) is 4.00. The second kappa shape index (κ2) is 6.11. The Balaban J connectivity index is 1.87. The molecule has 2 aromatic carbocycles. The first-order valence-corrected chi connectivity index (χ1v) is 7.35. The quantitative estimate of drug-likeness (QED) is 0.889. The summed E-state index contributed by atoms with van der Waals surface area (Å²) in [6.07, 6.45) is 0.0849. The molecule has 0 radical (unpaired) electrons. The number of anilines is 2. The maximum absolute atomic E-state index is 12.6. The fraction of sp³-hybridized carbons (Fsp3) is 0.118. The SMILES string of the molecule is N#Cc1cc(NC(=O)[C@H]2CC(=O)Nc3ccccc32)ccc1Cl. The van der Waals surface area contributed by atoms with Gasteiger partial charge in [0.05, 0.1) is 16.5 Å². The highest BCUT2D eigenvalue weighted by Gasteiger charge is 2.30. The van der Waals surface area contributed by atoms with Crippen molar-refractivity contribution in [3.63, 3.8) is 0 Å². The van der Waals surface area contributed by atoms with Crippen LogP contribution in [0.5, 0.6) is 0 Å². The topological polar surface area (TPSA) is 82.0 Å². The molecule has 0 saturated carbocycles. The predicted octanol–water partition coefficient (Wildman–Crippen LogP) is 3.28. The Hall–Kier alpha value is -2.84. The van der Waals surface area contributed by atoms with Crippen molar-refractivity contribution in [2.24, 2.45) is 0 Å². The van der Waals surface area contributed by atoms with Crippen molar-refractivity contribution in [1.29, 1.82) is 5.26 Å². The van der Waals surface area contributed by atoms with Gasteiger partial charge in [-0.05, 0) is 29.8 Å². The molecule has 114 valence electrons. The third kappa shape index (κ3) is 3.03. The lowest BCUT2D eigenvalue weighted by Gasteiger charge is -2.24. The summed E-state index contributed by atoms with van der Waals surface area (Å²) >= 11 is 5.88. The highest BCUT2D eigenvalue weighted by molar-refractivity contribution is 6.31. The first kappa shape index (κ1) is 15.1. The van der Waals surface area contributed by atoms with Gasteiger partial charge >= 0.3 is 0 Å². The van der Waals surface area contributed by atoms with Gasteiger partial charge in [0.15, 0.2) is 0 Å². The highest BCUT2D eigenvalue weighted by Crippen LogP contribution is 2.33. The van der Waals surface area contributed by atoms with Crippen LogP contribution in [0.4, 0.5) is 11.4 Å². The molecule has 0 saturated heterocycles. The number of nitrogens with zero attached hydrogens (tertiary/aromatic N) is 1. The highest BCUT2D eigenvalue weighted by atomic mass is 35.5. The van der Waals surface area contributed by atoms with Crippen molar-refractivity contribution < 1.29 is 9.59 Å². The van der Waals surface area contributed by atoms with E-state index in [1.54, 1.807) is 24.3 Å². The third-order valence-electron chi connectivity index (χ3n) is 3.67. The maximum Gasteiger partial charge on any atom is 0.232 e. The largest absolute Gasteiger partial charge is 0.326 e. The van der Waals surface area contributed by atoms with Gasteiger partial charge < -0.3 is 10.6 Å². The minimum atomic E-state index is -0.568. The van der Waals surface area contributed by atoms with E-state index in [4.69, 9.17) is 16.9 Å². The molecule has 2 aromatic rings. The average Bonchev–Trinajstić information content (AvgIpc) is 2.55. The van der Waals surface area contributed by atoms with Gasteiger partial charge in [-0.25, -0.2) is 0 Å². The standard InChI is InChI=1S/C17H12ClN3O2/c18-14-6-5-11(7-10(14)9-19)20-17(23)13-8-16(22)21-15-4-2-1-3-12(13)15/h1-7,13H,8H2,(H,20,23)(H,21,22)/t13-/m0/s1. The third-order valence-corrected chi connectivity index (χ3v) is 4.00. The molecule has 0 spiro atoms. The van der Waals surface area contributed by atoms with Crippen molar-refractivity contribution >= 4 is 34.8 Å². The lowest BCUT2D eigenvalue weighted by Crippen LogP contribution is -2.30. The Labute approximate surface area is 137 Å². The number of amides is 2. The van der Waals surface area contributed by atoms with Gasteiger partial charge in [-0.15, -0.1) is 0 Å². The van der Waals surface area contributed by atoms with Gasteiger partial charge in [0.1, 0.15) is 6.07 Å². The Morgan fingerprint density at radius 3 is 2.87 bits per heavy atom. The number of nitriles is 1. The molecule has 0 aliphatic carbocycles. The van der Waals surface area contributed by atoms with Crippen LogP contribution in [-0.4, -0.2) is 11.8 Å². The van der Waals surface area contributed by atoms with Crippen LogP contribution in [0.3, 0.4) is 0 Å². The van der Waals surface area contributed by atoms with E-state index in [0.717, 1.165) is 5.56 Å². The van der Waals surface area contributed by atoms with E-state index in [-0.39, 0.29) is 23.8 Å². The molecule has 1 aliphatic heterocycles. The molecule has 0 fully saturated rings. The number of fused-ring (bicyclic) bond motifs is 1. The summed E-state index contributed by atoms with van der Waals surface area (Å²) in [7, 11) is 0. The molecule has 1 aliphatic rings. The fourth-order valence-corrected chi connectivity index (χ4v) is 2.72. The lowest BCUT2D eigenvalue weighted by atomic mass is 9.90. The van der Waals surface area contributed by atoms with Crippen LogP contribution in [0.2, 0.25) is 5.02 Å². The Morgan fingerprint density at radius 2 is 2.09 bits per heavy atom. The molecule has 23 heavy (non-hydrogen) atoms. The normalized spacial score (nSPS) is 16.0. The summed E-state index contributed by atoms with van der Waals surface area (Å²) in [6.45, 7) is 0. The summed E-state index contributed by atoms with van der Waals surface area (Å²) in [5, 5.41) is 14.8. The van der Waals surface area contributed by atoms with E-state index in [0.29, 0.717) is 16.4 Å². The van der Waals surface area contributed by atoms with Crippen LogP contribution >= 0.6 is 11.6 Å². The number of nitrogens with one attached hydrogen (secondary N) is 2. The number of carbonyl (C=O) groups is 2. The van der Waals surface area contributed by atoms with Crippen LogP contribution < -0.4 is 10.6 Å². The predicted molar refractivity (Wildman–Crippen MR) is 87.2 cm³/mol. The molecule has 0 aromatic heterocycles. The van der Waals surface area contributed by atoms with Crippen molar-refractivity contribution in [2.45, 2.75) is 12.3 Å². The smallest absolute Gasteiger partial charge is 0.232 e. The molecule has 6 heteroatoms. The zero-order valence-electron chi connectivity index (χ0n) is 12.0. The summed E-state index contributed by atoms with van der Waals surface area (Å²) < 4.78 is 0. The molecule has 1 heterocycles. The maximum atomic E-state index is 12.6. The number of para-hydroxylation sites is 1. The van der Waals surface area contributed by atoms with E-state index in [2.05, 4.69) is 10.6 Å². The molecular weight excluding hydrogens is 314 g/mol. The zero-order chi connectivity index (χ0) is 16.4. The van der Waals surface area contributed by atoms with Crippen LogP contribution in [0.15, 0.2) is 42.5 Å². The van der Waals surface area contributed by atoms with Crippen molar-refractivity contribution in [2.75, 3.05) is 10.6 Å². The first-order valence-electron chi connectivity index (χ1n) is 6.98. The summed E-state index contributed by atoms with van der Waals surface area (Å²) in [4.78, 5) is 24.3. The Morgan fingerprint density at radius 1 is 1.30 bits per heavy atom. The molecule has 2 amide bonds. The second-order valence-electron chi connectivity index (χ2n) is 5.19. The molecule has 0 bridgehead atoms.